The fourth-order valence-corrected chi connectivity index (χ4v) is 1.08. The number of hydrogen-bond donors (Lipinski definition) is 2. The molecule has 0 unspecified atom stereocenters. The number of aryl methyl sites for hydroxylation is 1. The third-order valence-corrected chi connectivity index (χ3v) is 1.67. The number of aromatic amines is 1. The smallest absolute Gasteiger partial charge is 0.149 e. The van der Waals surface area contributed by atoms with Crippen LogP contribution in [0.2, 0.25) is 0 Å². The molecule has 0 fully saturated rings. The maximum atomic E-state index is 5.59. The summed E-state index contributed by atoms with van der Waals surface area (Å²) in [5.74, 6) is 0.503. The number of nitrogens with zero attached hydrogens (tertiary/aromatic N) is 2. The van der Waals surface area contributed by atoms with Crippen LogP contribution in [0.15, 0.2) is 12.5 Å². The molecule has 5 heteroatoms. The van der Waals surface area contributed by atoms with Crippen molar-refractivity contribution in [2.75, 3.05) is 5.73 Å². The molecule has 0 saturated carbocycles. The van der Waals surface area contributed by atoms with Crippen LogP contribution >= 0.6 is 12.4 Å². The van der Waals surface area contributed by atoms with Crippen LogP contribution in [0, 0.1) is 6.92 Å². The highest BCUT2D eigenvalue weighted by molar-refractivity contribution is 5.86. The molecule has 64 valence electrons. The lowest BCUT2D eigenvalue weighted by Crippen LogP contribution is -1.92. The van der Waals surface area contributed by atoms with E-state index in [-0.39, 0.29) is 12.4 Å². The molecule has 2 heterocycles. The molecule has 0 aliphatic rings. The molecule has 2 aromatic rings. The third kappa shape index (κ3) is 1.10. The van der Waals surface area contributed by atoms with Crippen LogP contribution in [0.3, 0.4) is 0 Å². The zero-order valence-electron chi connectivity index (χ0n) is 6.53. The first-order valence-corrected chi connectivity index (χ1v) is 3.33. The molecule has 3 N–H and O–H groups in total. The lowest BCUT2D eigenvalue weighted by Gasteiger charge is -1.95. The number of rotatable bonds is 0. The van der Waals surface area contributed by atoms with E-state index in [1.54, 1.807) is 12.5 Å². The topological polar surface area (TPSA) is 67.6 Å². The van der Waals surface area contributed by atoms with Crippen molar-refractivity contribution in [1.82, 2.24) is 15.0 Å². The Labute approximate surface area is 75.6 Å². The van der Waals surface area contributed by atoms with Crippen LogP contribution < -0.4 is 5.73 Å². The van der Waals surface area contributed by atoms with Crippen molar-refractivity contribution in [2.24, 2.45) is 0 Å². The van der Waals surface area contributed by atoms with Crippen molar-refractivity contribution in [1.29, 1.82) is 0 Å². The van der Waals surface area contributed by atoms with Crippen LogP contribution in [0.25, 0.3) is 11.0 Å². The van der Waals surface area contributed by atoms with Crippen LogP contribution in [0.5, 0.6) is 0 Å². The van der Waals surface area contributed by atoms with Crippen molar-refractivity contribution in [3.8, 4) is 0 Å². The van der Waals surface area contributed by atoms with Gasteiger partial charge in [-0.25, -0.2) is 9.97 Å². The minimum absolute atomic E-state index is 0. The number of pyridine rings is 1. The van der Waals surface area contributed by atoms with E-state index in [0.717, 1.165) is 16.6 Å². The van der Waals surface area contributed by atoms with Crippen molar-refractivity contribution in [2.45, 2.75) is 6.92 Å². The van der Waals surface area contributed by atoms with Gasteiger partial charge in [-0.2, -0.15) is 0 Å². The Bertz CT molecular complexity index is 359. The molecule has 12 heavy (non-hydrogen) atoms. The molecule has 0 aliphatic heterocycles. The zero-order chi connectivity index (χ0) is 7.84. The molecule has 0 atom stereocenters. The maximum Gasteiger partial charge on any atom is 0.149 e. The summed E-state index contributed by atoms with van der Waals surface area (Å²) in [6.45, 7) is 1.95. The monoisotopic (exact) mass is 184 g/mol. The van der Waals surface area contributed by atoms with Gasteiger partial charge in [0.15, 0.2) is 0 Å². The minimum Gasteiger partial charge on any atom is -0.382 e. The highest BCUT2D eigenvalue weighted by atomic mass is 35.5. The first-order chi connectivity index (χ1) is 5.29. The van der Waals surface area contributed by atoms with Gasteiger partial charge in [-0.15, -0.1) is 12.4 Å². The summed E-state index contributed by atoms with van der Waals surface area (Å²) >= 11 is 0. The van der Waals surface area contributed by atoms with E-state index in [1.165, 1.54) is 0 Å². The molecule has 0 saturated heterocycles. The van der Waals surface area contributed by atoms with Gasteiger partial charge in [0.1, 0.15) is 11.3 Å². The first-order valence-electron chi connectivity index (χ1n) is 3.33. The largest absolute Gasteiger partial charge is 0.382 e. The third-order valence-electron chi connectivity index (χ3n) is 1.67. The average molecular weight is 185 g/mol. The highest BCUT2D eigenvalue weighted by Gasteiger charge is 2.02. The second kappa shape index (κ2) is 2.98. The molecule has 0 spiro atoms. The summed E-state index contributed by atoms with van der Waals surface area (Å²) in [5.41, 5.74) is 8.35. The molecule has 0 bridgehead atoms. The van der Waals surface area contributed by atoms with Gasteiger partial charge in [0.25, 0.3) is 0 Å². The quantitative estimate of drug-likeness (QED) is 0.648. The normalized spacial score (nSPS) is 9.75. The average Bonchev–Trinajstić information content (AvgIpc) is 2.45. The number of fused-ring (bicyclic) bond motifs is 1. The highest BCUT2D eigenvalue weighted by Crippen LogP contribution is 2.16. The number of imidazole rings is 1. The Hall–Kier alpha value is -1.29. The van der Waals surface area contributed by atoms with E-state index in [0.29, 0.717) is 5.82 Å². The van der Waals surface area contributed by atoms with E-state index < -0.39 is 0 Å². The second-order valence-corrected chi connectivity index (χ2v) is 2.45. The van der Waals surface area contributed by atoms with Gasteiger partial charge in [-0.1, -0.05) is 0 Å². The summed E-state index contributed by atoms with van der Waals surface area (Å²) in [6.07, 6.45) is 3.34. The summed E-state index contributed by atoms with van der Waals surface area (Å²) < 4.78 is 0. The predicted molar refractivity (Wildman–Crippen MR) is 50.3 cm³/mol. The fourth-order valence-electron chi connectivity index (χ4n) is 1.08. The lowest BCUT2D eigenvalue weighted by molar-refractivity contribution is 1.30. The number of halogens is 1. The number of nitrogens with one attached hydrogen (secondary N) is 1. The molecule has 4 nitrogen and oxygen atoms in total. The number of nitrogens with two attached hydrogens (primary N) is 1. The van der Waals surface area contributed by atoms with Gasteiger partial charge in [-0.05, 0) is 12.5 Å². The predicted octanol–water partition coefficient (Wildman–Crippen LogP) is 1.27. The van der Waals surface area contributed by atoms with Crippen LogP contribution in [0.1, 0.15) is 5.56 Å². The van der Waals surface area contributed by atoms with E-state index in [1.807, 2.05) is 6.92 Å². The van der Waals surface area contributed by atoms with Crippen LogP contribution in [-0.4, -0.2) is 15.0 Å². The Morgan fingerprint density at radius 3 is 2.83 bits per heavy atom. The summed E-state index contributed by atoms with van der Waals surface area (Å²) in [7, 11) is 0. The molecule has 2 rings (SSSR count). The molecular formula is C7H9ClN4. The van der Waals surface area contributed by atoms with Gasteiger partial charge in [0, 0.05) is 6.20 Å². The zero-order valence-corrected chi connectivity index (χ0v) is 7.35. The maximum absolute atomic E-state index is 5.59. The van der Waals surface area contributed by atoms with E-state index in [4.69, 9.17) is 5.73 Å². The number of anilines is 1. The van der Waals surface area contributed by atoms with Crippen molar-refractivity contribution >= 4 is 29.3 Å². The van der Waals surface area contributed by atoms with Gasteiger partial charge in [-0.3, -0.25) is 0 Å². The van der Waals surface area contributed by atoms with Crippen molar-refractivity contribution in [3.05, 3.63) is 18.1 Å². The van der Waals surface area contributed by atoms with Gasteiger partial charge in [0.05, 0.1) is 11.8 Å². The second-order valence-electron chi connectivity index (χ2n) is 2.45. The summed E-state index contributed by atoms with van der Waals surface area (Å²) in [6, 6.07) is 0. The SMILES string of the molecule is Cc1cnc(N)c2[nH]cnc12.Cl. The van der Waals surface area contributed by atoms with Gasteiger partial charge < -0.3 is 10.7 Å². The first kappa shape index (κ1) is 8.80. The molecule has 0 radical (unpaired) electrons. The van der Waals surface area contributed by atoms with Crippen molar-refractivity contribution < 1.29 is 0 Å². The molecular weight excluding hydrogens is 176 g/mol. The molecule has 0 aromatic carbocycles. The standard InChI is InChI=1S/C7H8N4.ClH/c1-4-2-9-7(8)6-5(4)10-3-11-6;/h2-3H,1H3,(H2,8,9)(H,10,11);1H. The van der Waals surface area contributed by atoms with Crippen LogP contribution in [0.4, 0.5) is 5.82 Å². The van der Waals surface area contributed by atoms with E-state index in [2.05, 4.69) is 15.0 Å². The van der Waals surface area contributed by atoms with Crippen molar-refractivity contribution in [3.63, 3.8) is 0 Å². The summed E-state index contributed by atoms with van der Waals surface area (Å²) in [4.78, 5) is 11.0. The van der Waals surface area contributed by atoms with E-state index >= 15 is 0 Å². The number of hydrogen-bond acceptors (Lipinski definition) is 3. The Kier molecular flexibility index (Phi) is 2.19. The Balaban J connectivity index is 0.000000720. The number of nitrogen functional groups attached to an aromatic ring is 1. The Morgan fingerprint density at radius 2 is 2.17 bits per heavy atom. The molecule has 0 amide bonds. The van der Waals surface area contributed by atoms with Gasteiger partial charge in [0.2, 0.25) is 0 Å². The molecule has 2 aromatic heterocycles. The number of H-pyrrole nitrogens is 1. The lowest BCUT2D eigenvalue weighted by atomic mass is 10.2. The number of aromatic nitrogens is 3. The van der Waals surface area contributed by atoms with Gasteiger partial charge >= 0.3 is 0 Å². The summed E-state index contributed by atoms with van der Waals surface area (Å²) in [5, 5.41) is 0. The van der Waals surface area contributed by atoms with E-state index in [9.17, 15) is 0 Å². The fraction of sp³-hybridized carbons (Fsp3) is 0.143. The minimum atomic E-state index is 0. The molecule has 0 aliphatic carbocycles. The van der Waals surface area contributed by atoms with Crippen LogP contribution in [-0.2, 0) is 0 Å². The Morgan fingerprint density at radius 1 is 1.42 bits per heavy atom.